The Labute approximate surface area is 85.5 Å². The van der Waals surface area contributed by atoms with Crippen LogP contribution < -0.4 is 0 Å². The van der Waals surface area contributed by atoms with E-state index < -0.39 is 0 Å². The van der Waals surface area contributed by atoms with Crippen molar-refractivity contribution in [1.29, 1.82) is 0 Å². The van der Waals surface area contributed by atoms with Gasteiger partial charge in [0.15, 0.2) is 0 Å². The maximum absolute atomic E-state index is 11.4. The predicted octanol–water partition coefficient (Wildman–Crippen LogP) is 1.74. The molecule has 0 bridgehead atoms. The van der Waals surface area contributed by atoms with Crippen LogP contribution in [0.1, 0.15) is 40.0 Å². The van der Waals surface area contributed by atoms with E-state index in [1.807, 2.05) is 20.8 Å². The zero-order valence-corrected chi connectivity index (χ0v) is 9.25. The average Bonchev–Trinajstić information content (AvgIpc) is 1.91. The molecule has 3 nitrogen and oxygen atoms in total. The van der Waals surface area contributed by atoms with Crippen LogP contribution in [0, 0.1) is 11.3 Å². The van der Waals surface area contributed by atoms with Crippen molar-refractivity contribution >= 4 is 5.97 Å². The van der Waals surface area contributed by atoms with Crippen LogP contribution in [-0.2, 0) is 9.53 Å². The molecule has 0 saturated heterocycles. The van der Waals surface area contributed by atoms with Crippen molar-refractivity contribution in [3.8, 4) is 0 Å². The smallest absolute Gasteiger partial charge is 0.306 e. The lowest BCUT2D eigenvalue weighted by Gasteiger charge is -2.33. The van der Waals surface area contributed by atoms with E-state index in [1.54, 1.807) is 0 Å². The molecule has 0 unspecified atom stereocenters. The second-order valence-electron chi connectivity index (χ2n) is 5.37. The Morgan fingerprint density at radius 1 is 1.43 bits per heavy atom. The van der Waals surface area contributed by atoms with Gasteiger partial charge in [-0.25, -0.2) is 0 Å². The van der Waals surface area contributed by atoms with Crippen LogP contribution in [0.3, 0.4) is 0 Å². The van der Waals surface area contributed by atoms with Crippen LogP contribution in [0.4, 0.5) is 0 Å². The van der Waals surface area contributed by atoms with Gasteiger partial charge in [-0.3, -0.25) is 4.79 Å². The van der Waals surface area contributed by atoms with Gasteiger partial charge in [-0.1, -0.05) is 20.8 Å². The molecule has 0 aromatic rings. The van der Waals surface area contributed by atoms with Gasteiger partial charge >= 0.3 is 5.97 Å². The molecule has 1 rings (SSSR count). The molecule has 0 aliphatic heterocycles. The third-order valence-electron chi connectivity index (χ3n) is 2.42. The molecule has 0 radical (unpaired) electrons. The van der Waals surface area contributed by atoms with Crippen molar-refractivity contribution in [2.75, 3.05) is 6.61 Å². The fraction of sp³-hybridized carbons (Fsp3) is 0.909. The highest BCUT2D eigenvalue weighted by atomic mass is 16.5. The Morgan fingerprint density at radius 3 is 2.43 bits per heavy atom. The van der Waals surface area contributed by atoms with Crippen molar-refractivity contribution in [2.45, 2.75) is 46.1 Å². The molecule has 1 aliphatic rings. The Morgan fingerprint density at radius 2 is 2.00 bits per heavy atom. The van der Waals surface area contributed by atoms with Gasteiger partial charge in [-0.05, 0) is 24.2 Å². The molecule has 1 saturated carbocycles. The standard InChI is InChI=1S/C11H20O3/c1-11(2,3)6-10(13)14-9-4-8(5-9)7-12/h8-9,12H,4-7H2,1-3H3. The summed E-state index contributed by atoms with van der Waals surface area (Å²) in [7, 11) is 0. The summed E-state index contributed by atoms with van der Waals surface area (Å²) in [5.41, 5.74) is -0.00277. The van der Waals surface area contributed by atoms with Crippen molar-refractivity contribution < 1.29 is 14.6 Å². The number of hydrogen-bond donors (Lipinski definition) is 1. The number of rotatable bonds is 3. The minimum absolute atomic E-state index is 0.00277. The van der Waals surface area contributed by atoms with Gasteiger partial charge in [0.05, 0.1) is 6.42 Å². The Bertz CT molecular complexity index is 199. The highest BCUT2D eigenvalue weighted by Gasteiger charge is 2.32. The minimum Gasteiger partial charge on any atom is -0.462 e. The highest BCUT2D eigenvalue weighted by molar-refractivity contribution is 5.70. The van der Waals surface area contributed by atoms with E-state index in [-0.39, 0.29) is 24.1 Å². The molecule has 14 heavy (non-hydrogen) atoms. The number of esters is 1. The topological polar surface area (TPSA) is 46.5 Å². The summed E-state index contributed by atoms with van der Waals surface area (Å²) in [6.45, 7) is 6.27. The molecule has 0 aromatic carbocycles. The fourth-order valence-corrected chi connectivity index (χ4v) is 1.58. The van der Waals surface area contributed by atoms with Gasteiger partial charge in [0.1, 0.15) is 6.10 Å². The van der Waals surface area contributed by atoms with Crippen LogP contribution in [-0.4, -0.2) is 23.8 Å². The first-order valence-corrected chi connectivity index (χ1v) is 5.21. The van der Waals surface area contributed by atoms with E-state index in [0.29, 0.717) is 12.3 Å². The zero-order chi connectivity index (χ0) is 10.8. The largest absolute Gasteiger partial charge is 0.462 e. The maximum atomic E-state index is 11.4. The van der Waals surface area contributed by atoms with E-state index in [4.69, 9.17) is 9.84 Å². The number of aliphatic hydroxyl groups excluding tert-OH is 1. The van der Waals surface area contributed by atoms with Crippen LogP contribution in [0.15, 0.2) is 0 Å². The van der Waals surface area contributed by atoms with E-state index in [1.165, 1.54) is 0 Å². The SMILES string of the molecule is CC(C)(C)CC(=O)OC1CC(CO)C1. The van der Waals surface area contributed by atoms with Gasteiger partial charge in [-0.15, -0.1) is 0 Å². The normalized spacial score (nSPS) is 26.9. The van der Waals surface area contributed by atoms with Gasteiger partial charge < -0.3 is 9.84 Å². The quantitative estimate of drug-likeness (QED) is 0.706. The number of carbonyl (C=O) groups excluding carboxylic acids is 1. The summed E-state index contributed by atoms with van der Waals surface area (Å²) in [6, 6.07) is 0. The second-order valence-corrected chi connectivity index (χ2v) is 5.37. The van der Waals surface area contributed by atoms with Gasteiger partial charge in [-0.2, -0.15) is 0 Å². The first kappa shape index (κ1) is 11.5. The van der Waals surface area contributed by atoms with Crippen molar-refractivity contribution in [3.05, 3.63) is 0 Å². The number of carbonyl (C=O) groups is 1. The third-order valence-corrected chi connectivity index (χ3v) is 2.42. The van der Waals surface area contributed by atoms with E-state index >= 15 is 0 Å². The molecule has 1 fully saturated rings. The lowest BCUT2D eigenvalue weighted by molar-refractivity contribution is -0.158. The summed E-state index contributed by atoms with van der Waals surface area (Å²) in [5.74, 6) is 0.237. The first-order valence-electron chi connectivity index (χ1n) is 5.21. The zero-order valence-electron chi connectivity index (χ0n) is 9.25. The molecule has 0 aromatic heterocycles. The van der Waals surface area contributed by atoms with Crippen LogP contribution in [0.25, 0.3) is 0 Å². The summed E-state index contributed by atoms with van der Waals surface area (Å²) >= 11 is 0. The van der Waals surface area contributed by atoms with Crippen molar-refractivity contribution in [1.82, 2.24) is 0 Å². The lowest BCUT2D eigenvalue weighted by atomic mass is 9.83. The summed E-state index contributed by atoms with van der Waals surface area (Å²) in [5, 5.41) is 8.78. The van der Waals surface area contributed by atoms with Crippen LogP contribution in [0.5, 0.6) is 0 Å². The number of hydrogen-bond acceptors (Lipinski definition) is 3. The third kappa shape index (κ3) is 3.66. The van der Waals surface area contributed by atoms with Crippen molar-refractivity contribution in [3.63, 3.8) is 0 Å². The maximum Gasteiger partial charge on any atom is 0.306 e. The van der Waals surface area contributed by atoms with Gasteiger partial charge in [0.25, 0.3) is 0 Å². The Hall–Kier alpha value is -0.570. The summed E-state index contributed by atoms with van der Waals surface area (Å²) in [4.78, 5) is 11.4. The van der Waals surface area contributed by atoms with Crippen LogP contribution in [0.2, 0.25) is 0 Å². The number of ether oxygens (including phenoxy) is 1. The Balaban J connectivity index is 2.17. The molecule has 3 heteroatoms. The summed E-state index contributed by atoms with van der Waals surface area (Å²) < 4.78 is 5.24. The predicted molar refractivity (Wildman–Crippen MR) is 53.8 cm³/mol. The van der Waals surface area contributed by atoms with Crippen molar-refractivity contribution in [2.24, 2.45) is 11.3 Å². The highest BCUT2D eigenvalue weighted by Crippen LogP contribution is 2.30. The lowest BCUT2D eigenvalue weighted by Crippen LogP contribution is -2.35. The molecular formula is C11H20O3. The van der Waals surface area contributed by atoms with Gasteiger partial charge in [0, 0.05) is 6.61 Å². The molecule has 82 valence electrons. The molecule has 1 N–H and O–H groups in total. The molecule has 0 amide bonds. The average molecular weight is 200 g/mol. The van der Waals surface area contributed by atoms with Crippen LogP contribution >= 0.6 is 0 Å². The van der Waals surface area contributed by atoms with E-state index in [9.17, 15) is 4.79 Å². The molecule has 0 atom stereocenters. The molecule has 1 aliphatic carbocycles. The monoisotopic (exact) mass is 200 g/mol. The minimum atomic E-state index is -0.112. The molecule has 0 heterocycles. The first-order chi connectivity index (χ1) is 6.40. The molecule has 0 spiro atoms. The molecular weight excluding hydrogens is 180 g/mol. The Kier molecular flexibility index (Phi) is 3.53. The van der Waals surface area contributed by atoms with Gasteiger partial charge in [0.2, 0.25) is 0 Å². The fourth-order valence-electron chi connectivity index (χ4n) is 1.58. The summed E-state index contributed by atoms with van der Waals surface area (Å²) in [6.07, 6.45) is 2.17. The van der Waals surface area contributed by atoms with E-state index in [2.05, 4.69) is 0 Å². The van der Waals surface area contributed by atoms with E-state index in [0.717, 1.165) is 12.8 Å². The second kappa shape index (κ2) is 4.30. The number of aliphatic hydroxyl groups is 1.